The Hall–Kier alpha value is -3.69. The molecule has 2 aromatic carbocycles. The fraction of sp³-hybridized carbons (Fsp3) is 0.448. The predicted molar refractivity (Wildman–Crippen MR) is 139 cm³/mol. The number of alkyl halides is 3. The van der Waals surface area contributed by atoms with Crippen molar-refractivity contribution in [3.8, 4) is 0 Å². The molecule has 1 heterocycles. The van der Waals surface area contributed by atoms with Crippen LogP contribution >= 0.6 is 0 Å². The lowest BCUT2D eigenvalue weighted by Crippen LogP contribution is -2.51. The second kappa shape index (κ2) is 11.2. The molecule has 1 fully saturated rings. The number of carboxylic acids is 1. The summed E-state index contributed by atoms with van der Waals surface area (Å²) >= 11 is 0. The molecule has 2 aliphatic rings. The van der Waals surface area contributed by atoms with Crippen molar-refractivity contribution in [2.75, 3.05) is 6.54 Å². The summed E-state index contributed by atoms with van der Waals surface area (Å²) in [4.78, 5) is 43.8. The molecule has 10 heteroatoms. The van der Waals surface area contributed by atoms with Gasteiger partial charge in [-0.15, -0.1) is 0 Å². The standard InChI is InChI=1S/C29H32F3N3O4/c1-3-23(19-6-8-21(9-7-19)26(38)33-16-14-24(36)37)35-27(39)25(34-28(35)15-4-5-18(2)17-28)20-10-12-22(13-11-20)29(30,31)32/h6-13,18,23H,3-5,14-17H2,1-2H3,(H,33,38)(H,36,37)/t18?,23-,28?/m1/s1. The molecular weight excluding hydrogens is 511 g/mol. The van der Waals surface area contributed by atoms with E-state index in [4.69, 9.17) is 10.1 Å². The number of hydrogen-bond acceptors (Lipinski definition) is 4. The first-order valence-corrected chi connectivity index (χ1v) is 13.2. The van der Waals surface area contributed by atoms with E-state index < -0.39 is 29.3 Å². The molecule has 1 spiro atoms. The van der Waals surface area contributed by atoms with Crippen LogP contribution in [0.3, 0.4) is 0 Å². The first kappa shape index (κ1) is 28.3. The van der Waals surface area contributed by atoms with Crippen LogP contribution in [-0.4, -0.2) is 45.7 Å². The minimum absolute atomic E-state index is 0.0144. The number of benzene rings is 2. The Morgan fingerprint density at radius 3 is 2.38 bits per heavy atom. The van der Waals surface area contributed by atoms with E-state index in [1.807, 2.05) is 6.92 Å². The molecule has 0 saturated heterocycles. The lowest BCUT2D eigenvalue weighted by atomic mass is 9.80. The summed E-state index contributed by atoms with van der Waals surface area (Å²) in [5.74, 6) is -1.39. The number of aliphatic carboxylic acids is 1. The zero-order valence-electron chi connectivity index (χ0n) is 21.9. The molecular formula is C29H32F3N3O4. The van der Waals surface area contributed by atoms with Crippen molar-refractivity contribution in [2.24, 2.45) is 10.9 Å². The number of amides is 2. The largest absolute Gasteiger partial charge is 0.481 e. The van der Waals surface area contributed by atoms with Gasteiger partial charge in [-0.25, -0.2) is 0 Å². The van der Waals surface area contributed by atoms with E-state index in [9.17, 15) is 27.6 Å². The van der Waals surface area contributed by atoms with Gasteiger partial charge in [0, 0.05) is 17.7 Å². The number of carboxylic acid groups (broad SMARTS) is 1. The van der Waals surface area contributed by atoms with Crippen LogP contribution in [0.1, 0.15) is 85.5 Å². The number of carbonyl (C=O) groups is 3. The van der Waals surface area contributed by atoms with Gasteiger partial charge in [0.2, 0.25) is 0 Å². The zero-order valence-corrected chi connectivity index (χ0v) is 21.9. The zero-order chi connectivity index (χ0) is 28.4. The molecule has 2 unspecified atom stereocenters. The molecule has 2 aromatic rings. The molecule has 39 heavy (non-hydrogen) atoms. The summed E-state index contributed by atoms with van der Waals surface area (Å²) < 4.78 is 39.4. The van der Waals surface area contributed by atoms with Gasteiger partial charge >= 0.3 is 12.1 Å². The summed E-state index contributed by atoms with van der Waals surface area (Å²) in [6.07, 6.45) is -0.879. The molecule has 7 nitrogen and oxygen atoms in total. The number of rotatable bonds is 8. The molecule has 208 valence electrons. The quantitative estimate of drug-likeness (QED) is 0.453. The normalized spacial score (nSPS) is 22.1. The third-order valence-electron chi connectivity index (χ3n) is 7.51. The van der Waals surface area contributed by atoms with E-state index in [-0.39, 0.29) is 30.6 Å². The van der Waals surface area contributed by atoms with Gasteiger partial charge in [0.1, 0.15) is 11.4 Å². The Balaban J connectivity index is 1.64. The number of nitrogens with zero attached hydrogens (tertiary/aromatic N) is 2. The van der Waals surface area contributed by atoms with Gasteiger partial charge in [0.25, 0.3) is 11.8 Å². The highest BCUT2D eigenvalue weighted by atomic mass is 19.4. The van der Waals surface area contributed by atoms with Crippen molar-refractivity contribution < 1.29 is 32.7 Å². The lowest BCUT2D eigenvalue weighted by Gasteiger charge is -2.45. The number of hydrogen-bond donors (Lipinski definition) is 2. The van der Waals surface area contributed by atoms with Gasteiger partial charge in [-0.2, -0.15) is 13.2 Å². The Kier molecular flexibility index (Phi) is 8.13. The van der Waals surface area contributed by atoms with Crippen LogP contribution in [0.4, 0.5) is 13.2 Å². The number of halogens is 3. The average molecular weight is 544 g/mol. The topological polar surface area (TPSA) is 99.1 Å². The van der Waals surface area contributed by atoms with E-state index in [2.05, 4.69) is 12.2 Å². The molecule has 1 saturated carbocycles. The monoisotopic (exact) mass is 543 g/mol. The second-order valence-corrected chi connectivity index (χ2v) is 10.3. The van der Waals surface area contributed by atoms with Crippen LogP contribution < -0.4 is 5.32 Å². The van der Waals surface area contributed by atoms with E-state index in [0.29, 0.717) is 36.3 Å². The van der Waals surface area contributed by atoms with Crippen molar-refractivity contribution in [2.45, 2.75) is 70.3 Å². The maximum Gasteiger partial charge on any atom is 0.416 e. The van der Waals surface area contributed by atoms with Crippen LogP contribution in [0.2, 0.25) is 0 Å². The van der Waals surface area contributed by atoms with Crippen molar-refractivity contribution >= 4 is 23.5 Å². The summed E-state index contributed by atoms with van der Waals surface area (Å²) in [6.45, 7) is 4.09. The minimum Gasteiger partial charge on any atom is -0.481 e. The van der Waals surface area contributed by atoms with Crippen molar-refractivity contribution in [1.82, 2.24) is 10.2 Å². The Morgan fingerprint density at radius 2 is 1.82 bits per heavy atom. The van der Waals surface area contributed by atoms with Crippen LogP contribution in [0, 0.1) is 5.92 Å². The van der Waals surface area contributed by atoms with Gasteiger partial charge in [-0.3, -0.25) is 19.4 Å². The summed E-state index contributed by atoms with van der Waals surface area (Å²) in [6, 6.07) is 11.0. The Labute approximate surface area is 225 Å². The molecule has 2 N–H and O–H groups in total. The number of carbonyl (C=O) groups excluding carboxylic acids is 2. The fourth-order valence-electron chi connectivity index (χ4n) is 5.67. The molecule has 2 amide bonds. The van der Waals surface area contributed by atoms with E-state index in [1.54, 1.807) is 29.2 Å². The van der Waals surface area contributed by atoms with Crippen LogP contribution in [-0.2, 0) is 15.8 Å². The molecule has 1 aliphatic heterocycles. The third kappa shape index (κ3) is 5.99. The molecule has 0 aromatic heterocycles. The van der Waals surface area contributed by atoms with E-state index in [0.717, 1.165) is 30.5 Å². The summed E-state index contributed by atoms with van der Waals surface area (Å²) in [5, 5.41) is 11.3. The number of aliphatic imine (C=N–C) groups is 1. The maximum atomic E-state index is 14.0. The van der Waals surface area contributed by atoms with Crippen molar-refractivity contribution in [1.29, 1.82) is 0 Å². The van der Waals surface area contributed by atoms with Crippen LogP contribution in [0.15, 0.2) is 53.5 Å². The highest BCUT2D eigenvalue weighted by molar-refractivity contribution is 6.46. The van der Waals surface area contributed by atoms with Gasteiger partial charge in [0.05, 0.1) is 18.0 Å². The molecule has 1 aliphatic carbocycles. The lowest BCUT2D eigenvalue weighted by molar-refractivity contribution is -0.138. The van der Waals surface area contributed by atoms with Gasteiger partial charge in [-0.05, 0) is 61.4 Å². The maximum absolute atomic E-state index is 14.0. The summed E-state index contributed by atoms with van der Waals surface area (Å²) in [7, 11) is 0. The smallest absolute Gasteiger partial charge is 0.416 e. The SMILES string of the molecule is CC[C@H](c1ccc(C(=O)NCCC(=O)O)cc1)N1C(=O)C(c2ccc(C(F)(F)F)cc2)=NC12CCCC(C)C2. The Morgan fingerprint density at radius 1 is 1.15 bits per heavy atom. The van der Waals surface area contributed by atoms with Crippen molar-refractivity contribution in [3.05, 3.63) is 70.8 Å². The van der Waals surface area contributed by atoms with Gasteiger partial charge in [0.15, 0.2) is 0 Å². The van der Waals surface area contributed by atoms with Crippen molar-refractivity contribution in [3.63, 3.8) is 0 Å². The first-order chi connectivity index (χ1) is 18.4. The van der Waals surface area contributed by atoms with Gasteiger partial charge < -0.3 is 15.3 Å². The second-order valence-electron chi connectivity index (χ2n) is 10.3. The molecule has 0 radical (unpaired) electrons. The van der Waals surface area contributed by atoms with E-state index >= 15 is 0 Å². The molecule has 3 atom stereocenters. The van der Waals surface area contributed by atoms with Crippen LogP contribution in [0.5, 0.6) is 0 Å². The van der Waals surface area contributed by atoms with Gasteiger partial charge in [-0.1, -0.05) is 44.5 Å². The third-order valence-corrected chi connectivity index (χ3v) is 7.51. The average Bonchev–Trinajstić information content (AvgIpc) is 3.15. The molecule has 4 rings (SSSR count). The van der Waals surface area contributed by atoms with Crippen LogP contribution in [0.25, 0.3) is 0 Å². The highest BCUT2D eigenvalue weighted by Crippen LogP contribution is 2.46. The minimum atomic E-state index is -4.47. The summed E-state index contributed by atoms with van der Waals surface area (Å²) in [5.41, 5.74) is 0.139. The highest BCUT2D eigenvalue weighted by Gasteiger charge is 2.51. The van der Waals surface area contributed by atoms with E-state index in [1.165, 1.54) is 12.1 Å². The Bertz CT molecular complexity index is 1260. The number of nitrogens with one attached hydrogen (secondary N) is 1. The fourth-order valence-corrected chi connectivity index (χ4v) is 5.67. The first-order valence-electron chi connectivity index (χ1n) is 13.2. The molecule has 0 bridgehead atoms. The predicted octanol–water partition coefficient (Wildman–Crippen LogP) is 5.60.